The van der Waals surface area contributed by atoms with E-state index in [9.17, 15) is 4.79 Å². The lowest BCUT2D eigenvalue weighted by Crippen LogP contribution is -2.29. The number of benzene rings is 1. The Bertz CT molecular complexity index is 313. The zero-order valence-corrected chi connectivity index (χ0v) is 9.35. The fourth-order valence-corrected chi connectivity index (χ4v) is 1.45. The largest absolute Gasteiger partial charge is 0.481 e. The first-order valence-electron chi connectivity index (χ1n) is 5.23. The van der Waals surface area contributed by atoms with E-state index in [0.717, 1.165) is 5.56 Å². The lowest BCUT2D eigenvalue weighted by atomic mass is 9.99. The van der Waals surface area contributed by atoms with Crippen LogP contribution in [0.2, 0.25) is 0 Å². The number of ether oxygens (including phenoxy) is 1. The average molecular weight is 223 g/mol. The third-order valence-corrected chi connectivity index (χ3v) is 2.33. The van der Waals surface area contributed by atoms with Gasteiger partial charge in [0.15, 0.2) is 0 Å². The van der Waals surface area contributed by atoms with Crippen LogP contribution in [0.3, 0.4) is 0 Å². The van der Waals surface area contributed by atoms with Crippen molar-refractivity contribution in [2.75, 3.05) is 26.8 Å². The highest BCUT2D eigenvalue weighted by Crippen LogP contribution is 2.14. The molecule has 4 nitrogen and oxygen atoms in total. The van der Waals surface area contributed by atoms with E-state index in [2.05, 4.69) is 5.32 Å². The summed E-state index contributed by atoms with van der Waals surface area (Å²) in [6, 6.07) is 9.23. The minimum Gasteiger partial charge on any atom is -0.481 e. The molecule has 1 aromatic rings. The third kappa shape index (κ3) is 4.00. The van der Waals surface area contributed by atoms with Crippen molar-refractivity contribution in [2.45, 2.75) is 5.92 Å². The molecule has 0 aliphatic carbocycles. The fourth-order valence-electron chi connectivity index (χ4n) is 1.45. The predicted octanol–water partition coefficient (Wildman–Crippen LogP) is 1.09. The van der Waals surface area contributed by atoms with Crippen molar-refractivity contribution in [1.29, 1.82) is 0 Å². The Kier molecular flexibility index (Phi) is 5.53. The summed E-state index contributed by atoms with van der Waals surface area (Å²) in [5.74, 6) is -1.31. The molecule has 0 saturated heterocycles. The van der Waals surface area contributed by atoms with Crippen molar-refractivity contribution in [3.05, 3.63) is 35.9 Å². The van der Waals surface area contributed by atoms with Crippen LogP contribution in [0, 0.1) is 0 Å². The second-order valence-electron chi connectivity index (χ2n) is 3.50. The zero-order chi connectivity index (χ0) is 11.8. The van der Waals surface area contributed by atoms with E-state index in [4.69, 9.17) is 9.84 Å². The summed E-state index contributed by atoms with van der Waals surface area (Å²) in [5.41, 5.74) is 0.819. The van der Waals surface area contributed by atoms with Gasteiger partial charge in [-0.2, -0.15) is 0 Å². The van der Waals surface area contributed by atoms with Gasteiger partial charge in [-0.15, -0.1) is 0 Å². The Morgan fingerprint density at radius 3 is 2.69 bits per heavy atom. The lowest BCUT2D eigenvalue weighted by Gasteiger charge is -2.13. The van der Waals surface area contributed by atoms with Crippen LogP contribution in [-0.4, -0.2) is 37.9 Å². The van der Waals surface area contributed by atoms with Gasteiger partial charge in [-0.3, -0.25) is 4.79 Å². The second-order valence-corrected chi connectivity index (χ2v) is 3.50. The summed E-state index contributed by atoms with van der Waals surface area (Å²) in [6.45, 7) is 1.66. The van der Waals surface area contributed by atoms with Crippen LogP contribution in [-0.2, 0) is 9.53 Å². The normalized spacial score (nSPS) is 12.3. The number of aliphatic carboxylic acids is 1. The molecule has 0 aromatic heterocycles. The minimum absolute atomic E-state index is 0.419. The molecule has 1 unspecified atom stereocenters. The van der Waals surface area contributed by atoms with Crippen LogP contribution in [0.25, 0.3) is 0 Å². The van der Waals surface area contributed by atoms with Crippen LogP contribution in [0.1, 0.15) is 11.5 Å². The summed E-state index contributed by atoms with van der Waals surface area (Å²) in [6.07, 6.45) is 0. The Hall–Kier alpha value is -1.39. The topological polar surface area (TPSA) is 58.6 Å². The van der Waals surface area contributed by atoms with Gasteiger partial charge in [0.25, 0.3) is 0 Å². The number of carbonyl (C=O) groups is 1. The summed E-state index contributed by atoms with van der Waals surface area (Å²) >= 11 is 0. The van der Waals surface area contributed by atoms with Crippen molar-refractivity contribution >= 4 is 5.97 Å². The summed E-state index contributed by atoms with van der Waals surface area (Å²) < 4.78 is 4.88. The second kappa shape index (κ2) is 6.98. The van der Waals surface area contributed by atoms with Crippen LogP contribution in [0.5, 0.6) is 0 Å². The molecule has 2 N–H and O–H groups in total. The maximum absolute atomic E-state index is 11.1. The molecule has 0 amide bonds. The molecule has 1 rings (SSSR count). The van der Waals surface area contributed by atoms with Crippen molar-refractivity contribution in [2.24, 2.45) is 0 Å². The van der Waals surface area contributed by atoms with Crippen LogP contribution in [0.15, 0.2) is 30.3 Å². The molecule has 0 aliphatic rings. The Labute approximate surface area is 95.2 Å². The molecule has 0 saturated carbocycles. The van der Waals surface area contributed by atoms with Crippen LogP contribution < -0.4 is 5.32 Å². The first kappa shape index (κ1) is 12.7. The van der Waals surface area contributed by atoms with Crippen molar-refractivity contribution in [3.8, 4) is 0 Å². The van der Waals surface area contributed by atoms with Gasteiger partial charge in [0.2, 0.25) is 0 Å². The Morgan fingerprint density at radius 1 is 1.44 bits per heavy atom. The Morgan fingerprint density at radius 2 is 2.12 bits per heavy atom. The van der Waals surface area contributed by atoms with Gasteiger partial charge in [-0.25, -0.2) is 0 Å². The van der Waals surface area contributed by atoms with Crippen molar-refractivity contribution in [1.82, 2.24) is 5.32 Å². The van der Waals surface area contributed by atoms with Gasteiger partial charge >= 0.3 is 5.97 Å². The highest BCUT2D eigenvalue weighted by Gasteiger charge is 2.18. The van der Waals surface area contributed by atoms with E-state index >= 15 is 0 Å². The molecule has 0 fully saturated rings. The van der Waals surface area contributed by atoms with E-state index in [1.807, 2.05) is 30.3 Å². The quantitative estimate of drug-likeness (QED) is 0.679. The maximum atomic E-state index is 11.1. The van der Waals surface area contributed by atoms with Crippen molar-refractivity contribution in [3.63, 3.8) is 0 Å². The maximum Gasteiger partial charge on any atom is 0.312 e. The standard InChI is InChI=1S/C12H17NO3/c1-16-8-7-13-9-11(12(14)15)10-5-3-2-4-6-10/h2-6,11,13H,7-9H2,1H3,(H,14,15). The molecule has 0 aliphatic heterocycles. The van der Waals surface area contributed by atoms with E-state index in [1.54, 1.807) is 7.11 Å². The van der Waals surface area contributed by atoms with E-state index in [-0.39, 0.29) is 0 Å². The molecule has 0 bridgehead atoms. The predicted molar refractivity (Wildman–Crippen MR) is 61.6 cm³/mol. The molecular weight excluding hydrogens is 206 g/mol. The Balaban J connectivity index is 2.52. The van der Waals surface area contributed by atoms with Gasteiger partial charge in [-0.1, -0.05) is 30.3 Å². The number of rotatable bonds is 7. The lowest BCUT2D eigenvalue weighted by molar-refractivity contribution is -0.138. The molecular formula is C12H17NO3. The molecule has 4 heteroatoms. The monoisotopic (exact) mass is 223 g/mol. The molecule has 0 radical (unpaired) electrons. The molecule has 1 atom stereocenters. The number of carboxylic acids is 1. The van der Waals surface area contributed by atoms with Gasteiger partial charge in [-0.05, 0) is 5.56 Å². The summed E-state index contributed by atoms with van der Waals surface area (Å²) in [4.78, 5) is 11.1. The first-order chi connectivity index (χ1) is 7.75. The molecule has 0 heterocycles. The number of nitrogens with one attached hydrogen (secondary N) is 1. The fraction of sp³-hybridized carbons (Fsp3) is 0.417. The third-order valence-electron chi connectivity index (χ3n) is 2.33. The van der Waals surface area contributed by atoms with Gasteiger partial charge in [0, 0.05) is 20.2 Å². The molecule has 88 valence electrons. The number of carboxylic acid groups (broad SMARTS) is 1. The number of hydrogen-bond donors (Lipinski definition) is 2. The van der Waals surface area contributed by atoms with E-state index < -0.39 is 11.9 Å². The smallest absolute Gasteiger partial charge is 0.312 e. The highest BCUT2D eigenvalue weighted by molar-refractivity contribution is 5.76. The van der Waals surface area contributed by atoms with Crippen LogP contribution in [0.4, 0.5) is 0 Å². The summed E-state index contributed by atoms with van der Waals surface area (Å²) in [5, 5.41) is 12.2. The van der Waals surface area contributed by atoms with Gasteiger partial charge < -0.3 is 15.2 Å². The van der Waals surface area contributed by atoms with Crippen LogP contribution >= 0.6 is 0 Å². The molecule has 16 heavy (non-hydrogen) atoms. The molecule has 1 aromatic carbocycles. The van der Waals surface area contributed by atoms with E-state index in [1.165, 1.54) is 0 Å². The van der Waals surface area contributed by atoms with Gasteiger partial charge in [0.05, 0.1) is 12.5 Å². The minimum atomic E-state index is -0.809. The SMILES string of the molecule is COCCNCC(C(=O)O)c1ccccc1. The van der Waals surface area contributed by atoms with Gasteiger partial charge in [0.1, 0.15) is 0 Å². The highest BCUT2D eigenvalue weighted by atomic mass is 16.5. The van der Waals surface area contributed by atoms with E-state index in [0.29, 0.717) is 19.7 Å². The average Bonchev–Trinajstić information content (AvgIpc) is 2.30. The summed E-state index contributed by atoms with van der Waals surface area (Å²) in [7, 11) is 1.62. The zero-order valence-electron chi connectivity index (χ0n) is 9.35. The number of hydrogen-bond acceptors (Lipinski definition) is 3. The van der Waals surface area contributed by atoms with Crippen molar-refractivity contribution < 1.29 is 14.6 Å². The molecule has 0 spiro atoms. The number of methoxy groups -OCH3 is 1. The first-order valence-corrected chi connectivity index (χ1v) is 5.23.